The van der Waals surface area contributed by atoms with Crippen LogP contribution >= 0.6 is 0 Å². The van der Waals surface area contributed by atoms with Crippen molar-refractivity contribution in [2.24, 2.45) is 0 Å². The lowest BCUT2D eigenvalue weighted by Crippen LogP contribution is -2.49. The Kier molecular flexibility index (Phi) is 7.29. The highest BCUT2D eigenvalue weighted by Gasteiger charge is 2.73. The molecule has 4 aliphatic carbocycles. The maximum absolute atomic E-state index is 14.3. The van der Waals surface area contributed by atoms with Crippen molar-refractivity contribution in [2.75, 3.05) is 66.0 Å². The van der Waals surface area contributed by atoms with Crippen LogP contribution in [0.2, 0.25) is 0 Å². The predicted molar refractivity (Wildman–Crippen MR) is 447 cm³/mol. The van der Waals surface area contributed by atoms with E-state index in [9.17, 15) is 9.59 Å². The van der Waals surface area contributed by atoms with Gasteiger partial charge < -0.3 is 26.0 Å². The fourth-order valence-corrected chi connectivity index (χ4v) is 29.7. The second kappa shape index (κ2) is 14.8. The first kappa shape index (κ1) is 52.0. The molecule has 34 rings (SSSR count). The molecule has 1 fully saturated rings. The second-order valence-electron chi connectivity index (χ2n) is 35.7. The van der Waals surface area contributed by atoms with Gasteiger partial charge in [-0.1, -0.05) is 41.5 Å². The van der Waals surface area contributed by atoms with E-state index < -0.39 is 0 Å². The largest absolute Gasteiger partial charge is 0.496 e. The summed E-state index contributed by atoms with van der Waals surface area (Å²) < 4.78 is 5.55. The third kappa shape index (κ3) is 4.18. The van der Waals surface area contributed by atoms with Crippen molar-refractivity contribution in [2.45, 2.75) is 78.1 Å². The van der Waals surface area contributed by atoms with E-state index in [2.05, 4.69) is 85.1 Å². The van der Waals surface area contributed by atoms with Crippen LogP contribution in [0.4, 0.5) is 0 Å². The lowest BCUT2D eigenvalue weighted by Gasteiger charge is -2.48. The Labute approximate surface area is 599 Å². The van der Waals surface area contributed by atoms with Gasteiger partial charge in [0.2, 0.25) is 11.8 Å². The number of likely N-dealkylation sites (tertiary alicyclic amines) is 1. The van der Waals surface area contributed by atoms with Gasteiger partial charge in [0.05, 0.1) is 17.9 Å². The first-order valence-corrected chi connectivity index (χ1v) is 39.5. The minimum atomic E-state index is -0.308. The van der Waals surface area contributed by atoms with Crippen molar-refractivity contribution in [3.63, 3.8) is 0 Å². The van der Waals surface area contributed by atoms with E-state index in [1.54, 1.807) is 326 Å². The highest BCUT2D eigenvalue weighted by atomic mass is 16.5. The van der Waals surface area contributed by atoms with Gasteiger partial charge in [0.15, 0.2) is 0 Å². The van der Waals surface area contributed by atoms with E-state index in [-0.39, 0.29) is 22.6 Å². The van der Waals surface area contributed by atoms with Crippen LogP contribution in [0.3, 0.4) is 0 Å². The van der Waals surface area contributed by atoms with E-state index in [0.29, 0.717) is 13.1 Å². The van der Waals surface area contributed by atoms with Crippen LogP contribution in [-0.4, -0.2) is 82.7 Å². The zero-order valence-electron chi connectivity index (χ0n) is 59.5. The molecule has 2 atom stereocenters. The predicted octanol–water partition coefficient (Wildman–Crippen LogP) is 21.6. The fourth-order valence-electron chi connectivity index (χ4n) is 29.7. The average Bonchev–Trinajstić information content (AvgIpc) is 1.38. The molecule has 8 heteroatoms. The van der Waals surface area contributed by atoms with E-state index in [4.69, 9.17) is 4.74 Å². The number of nitrogens with one attached hydrogen (secondary N) is 4. The molecule has 0 aromatic heterocycles. The van der Waals surface area contributed by atoms with Crippen molar-refractivity contribution >= 4 is 309 Å². The zero-order chi connectivity index (χ0) is 68.2. The molecule has 4 N–H and O–H groups in total. The van der Waals surface area contributed by atoms with Crippen LogP contribution < -0.4 is 26.0 Å². The van der Waals surface area contributed by atoms with E-state index in [1.807, 2.05) is 25.2 Å². The molecule has 0 bridgehead atoms. The summed E-state index contributed by atoms with van der Waals surface area (Å²) in [6, 6.07) is 2.10. The smallest absolute Gasteiger partial charge is 0.244 e. The minimum Gasteiger partial charge on any atom is -0.496 e. The highest BCUT2D eigenvalue weighted by molar-refractivity contribution is 6.82. The number of rotatable bonds is 22. The van der Waals surface area contributed by atoms with E-state index >= 15 is 0 Å². The number of amides is 2. The first-order valence-electron chi connectivity index (χ1n) is 39.5. The zero-order valence-corrected chi connectivity index (χ0v) is 59.5. The Morgan fingerprint density at radius 2 is 0.679 bits per heavy atom. The third-order valence-electron chi connectivity index (χ3n) is 32.0. The van der Waals surface area contributed by atoms with Crippen LogP contribution in [0.25, 0.3) is 297 Å². The van der Waals surface area contributed by atoms with Crippen LogP contribution in [0.5, 0.6) is 5.75 Å². The van der Waals surface area contributed by atoms with Gasteiger partial charge in [-0.15, -0.1) is 0 Å². The summed E-state index contributed by atoms with van der Waals surface area (Å²) in [5.74, 6) is 0.894. The molecule has 2 amide bonds. The number of unbranched alkanes of at least 4 members (excludes halogenated alkanes) is 1. The van der Waals surface area contributed by atoms with Gasteiger partial charge in [-0.2, -0.15) is 0 Å². The molecule has 29 aromatic carbocycles. The van der Waals surface area contributed by atoms with Gasteiger partial charge in [0.25, 0.3) is 0 Å². The topological polar surface area (TPSA) is 94.7 Å². The number of hydrogen-bond donors (Lipinski definition) is 4. The maximum atomic E-state index is 14.3. The highest BCUT2D eigenvalue weighted by Crippen LogP contribution is 2.85. The average molecular weight is 1350 g/mol. The molecule has 1 saturated heterocycles. The Morgan fingerprint density at radius 1 is 0.377 bits per heavy atom. The number of carbonyl (C=O) groups excluding carboxylic acids is 2. The second-order valence-corrected chi connectivity index (χ2v) is 35.7. The van der Waals surface area contributed by atoms with E-state index in [1.165, 1.54) is 16.7 Å². The molecular weight excluding hydrogens is 1300 g/mol. The van der Waals surface area contributed by atoms with Crippen molar-refractivity contribution in [3.8, 4) is 5.75 Å². The fraction of sp³-hybridized carbons (Fsp3) is 0.224. The minimum absolute atomic E-state index is 0.0295. The number of nitrogens with zero attached hydrogens (tertiary/aromatic N) is 1. The Balaban J connectivity index is 0.441. The summed E-state index contributed by atoms with van der Waals surface area (Å²) in [7, 11) is 1.72. The molecule has 0 saturated carbocycles. The number of allylic oxidation sites excluding steroid dienone is 6. The van der Waals surface area contributed by atoms with Crippen molar-refractivity contribution in [1.82, 2.24) is 26.2 Å². The van der Waals surface area contributed by atoms with Gasteiger partial charge in [-0.05, 0) is 440 Å². The molecule has 0 radical (unpaired) electrons. The molecule has 494 valence electrons. The standard InChI is InChI=1S/C98H59N5O3/c1-29(15-16-35-32(4)25-36(106-7)34(6)33(35)5)13-10-14-30(2)23-37(104)101-21-11-19-99-17-8-9-18-100-20-12-22-102-38(105)24-31(3)26-103-27-97-93-86-79-67-59-50-41-39-40-42-45(41)54-61(59)69-70-62(54)60-51(42)53-49-44(40)47-46-43(39)48-52(50)65(67)73-71-57(48)55(46)63-64-56(47)58(49)72-74-66(53)68(60)80-82(70)91(90(93)81(69)79)94-87(80)85(74)89-78(72)76(64)83-75(63)77(71)88(84(73)86)95(97)92(83)96(89)98(94,97)28-103/h10,13-16,23-25,99-100H,8-9,11-12,17-22,26-28H2,1-7H3,(H,101,104)(H,102,105)/b14-10+,16-15+,29-13+,30-23+,31-24+. The van der Waals surface area contributed by atoms with E-state index in [0.717, 1.165) is 99.5 Å². The Bertz CT molecular complexity index is 8620. The lowest BCUT2D eigenvalue weighted by atomic mass is 9.52. The molecule has 2 unspecified atom stereocenters. The SMILES string of the molecule is COc1cc(C)c(/C=C/C(C)=C/C=C/C(C)=C/C(=O)NCCCNCCCCNCCCNC(=O)/C=C(\C)CN2CC34c5c6c7c8c9c%10c(c%11c%12c3c3c%13c5c5c%14c6c6c8c8c9c9c%15c%10c%11c%10c%11c%12c3c3c%12c%13c5c5c%13c%14c6c6c8c8c9c9c%15c%10c%10c%11c3c3c%12c5c5c%13c6c8c6c9c%10c3c56)C74C2)c(C)c1C. The summed E-state index contributed by atoms with van der Waals surface area (Å²) in [6.07, 6.45) is 17.9. The van der Waals surface area contributed by atoms with Gasteiger partial charge in [-0.3, -0.25) is 14.5 Å². The molecule has 1 heterocycles. The lowest BCUT2D eigenvalue weighted by molar-refractivity contribution is -0.117. The quantitative estimate of drug-likeness (QED) is 0.0234. The van der Waals surface area contributed by atoms with Crippen molar-refractivity contribution in [1.29, 1.82) is 0 Å². The van der Waals surface area contributed by atoms with Crippen molar-refractivity contribution < 1.29 is 14.3 Å². The van der Waals surface area contributed by atoms with Crippen LogP contribution in [0.15, 0.2) is 59.2 Å². The Hall–Kier alpha value is -11.0. The molecule has 106 heavy (non-hydrogen) atoms. The number of aryl methyl sites for hydroxylation is 1. The van der Waals surface area contributed by atoms with Crippen LogP contribution in [0, 0.1) is 20.8 Å². The monoisotopic (exact) mass is 1350 g/mol. The van der Waals surface area contributed by atoms with Gasteiger partial charge in [-0.25, -0.2) is 0 Å². The van der Waals surface area contributed by atoms with Crippen LogP contribution in [0.1, 0.15) is 91.0 Å². The van der Waals surface area contributed by atoms with Gasteiger partial charge >= 0.3 is 0 Å². The number of carbonyl (C=O) groups is 2. The Morgan fingerprint density at radius 3 is 1.04 bits per heavy atom. The molecule has 29 aromatic rings. The van der Waals surface area contributed by atoms with Crippen LogP contribution in [-0.2, 0) is 20.4 Å². The normalized spacial score (nSPS) is 19.7. The summed E-state index contributed by atoms with van der Waals surface area (Å²) in [6.45, 7) is 20.3. The molecule has 5 aliphatic rings. The molecule has 2 spiro atoms. The number of benzene rings is 18. The molecular formula is C98H59N5O3. The summed E-state index contributed by atoms with van der Waals surface area (Å²) in [5, 5.41) is 102. The number of methoxy groups -OCH3 is 1. The third-order valence-corrected chi connectivity index (χ3v) is 32.0. The summed E-state index contributed by atoms with van der Waals surface area (Å²) in [4.78, 5) is 29.9. The van der Waals surface area contributed by atoms with Crippen molar-refractivity contribution in [3.05, 3.63) is 104 Å². The summed E-state index contributed by atoms with van der Waals surface area (Å²) in [5.41, 5.74) is 14.3. The van der Waals surface area contributed by atoms with Gasteiger partial charge in [0, 0.05) is 44.9 Å². The summed E-state index contributed by atoms with van der Waals surface area (Å²) >= 11 is 0. The first-order chi connectivity index (χ1) is 52.0. The number of hydrogen-bond acceptors (Lipinski definition) is 6. The molecule has 1 aliphatic heterocycles. The number of ether oxygens (including phenoxy) is 1. The molecule has 8 nitrogen and oxygen atoms in total. The maximum Gasteiger partial charge on any atom is 0.244 e. The van der Waals surface area contributed by atoms with Gasteiger partial charge in [0.1, 0.15) is 5.75 Å².